The molecular formula is C25H19F3N4O2. The number of para-hydroxylation sites is 1. The molecule has 4 aromatic rings. The third kappa shape index (κ3) is 5.09. The number of nitrogens with two attached hydrogens (primary N) is 2. The molecule has 9 heteroatoms. The number of ether oxygens (including phenoxy) is 2. The van der Waals surface area contributed by atoms with Crippen LogP contribution in [0.15, 0.2) is 85.1 Å². The second-order valence-electron chi connectivity index (χ2n) is 7.23. The van der Waals surface area contributed by atoms with Gasteiger partial charge in [0, 0.05) is 17.3 Å². The second kappa shape index (κ2) is 9.14. The maximum Gasteiger partial charge on any atom is 0.573 e. The Morgan fingerprint density at radius 1 is 0.794 bits per heavy atom. The van der Waals surface area contributed by atoms with E-state index in [1.54, 1.807) is 24.3 Å². The Kier molecular flexibility index (Phi) is 6.09. The fourth-order valence-corrected chi connectivity index (χ4v) is 3.41. The van der Waals surface area contributed by atoms with E-state index < -0.39 is 6.36 Å². The molecule has 3 aromatic carbocycles. The maximum absolute atomic E-state index is 12.4. The summed E-state index contributed by atoms with van der Waals surface area (Å²) in [4.78, 5) is 4.39. The summed E-state index contributed by atoms with van der Waals surface area (Å²) >= 11 is 0. The van der Waals surface area contributed by atoms with Crippen molar-refractivity contribution in [2.45, 2.75) is 6.36 Å². The number of alkyl halides is 3. The molecule has 0 atom stereocenters. The zero-order valence-corrected chi connectivity index (χ0v) is 17.6. The average molecular weight is 464 g/mol. The molecule has 0 unspecified atom stereocenters. The van der Waals surface area contributed by atoms with Gasteiger partial charge in [0.25, 0.3) is 0 Å². The Morgan fingerprint density at radius 2 is 1.35 bits per heavy atom. The van der Waals surface area contributed by atoms with Crippen molar-refractivity contribution >= 4 is 11.5 Å². The van der Waals surface area contributed by atoms with Gasteiger partial charge in [-0.15, -0.1) is 13.2 Å². The van der Waals surface area contributed by atoms with Crippen LogP contribution < -0.4 is 20.9 Å². The van der Waals surface area contributed by atoms with E-state index in [0.717, 1.165) is 12.1 Å². The third-order valence-corrected chi connectivity index (χ3v) is 4.89. The molecule has 172 valence electrons. The van der Waals surface area contributed by atoms with Crippen molar-refractivity contribution in [2.24, 2.45) is 5.73 Å². The Balaban J connectivity index is 1.65. The summed E-state index contributed by atoms with van der Waals surface area (Å²) in [5.74, 6) is 0.688. The van der Waals surface area contributed by atoms with Gasteiger partial charge in [0.2, 0.25) is 0 Å². The van der Waals surface area contributed by atoms with Gasteiger partial charge in [0.15, 0.2) is 0 Å². The minimum absolute atomic E-state index is 0.138. The molecule has 0 aliphatic carbocycles. The Labute approximate surface area is 193 Å². The summed E-state index contributed by atoms with van der Waals surface area (Å²) in [7, 11) is 0. The summed E-state index contributed by atoms with van der Waals surface area (Å²) in [6.07, 6.45) is -3.26. The van der Waals surface area contributed by atoms with E-state index in [4.69, 9.17) is 21.6 Å². The summed E-state index contributed by atoms with van der Waals surface area (Å²) < 4.78 is 46.9. The van der Waals surface area contributed by atoms with Crippen LogP contribution in [0.1, 0.15) is 5.56 Å². The van der Waals surface area contributed by atoms with Crippen LogP contribution >= 0.6 is 0 Å². The van der Waals surface area contributed by atoms with Crippen molar-refractivity contribution in [2.75, 3.05) is 5.73 Å². The van der Waals surface area contributed by atoms with Crippen molar-refractivity contribution in [3.8, 4) is 39.6 Å². The minimum Gasteiger partial charge on any atom is -0.457 e. The predicted octanol–water partition coefficient (Wildman–Crippen LogP) is 5.97. The van der Waals surface area contributed by atoms with E-state index in [1.807, 2.05) is 30.3 Å². The van der Waals surface area contributed by atoms with Gasteiger partial charge in [0.1, 0.15) is 23.1 Å². The number of pyridine rings is 1. The first-order chi connectivity index (χ1) is 16.2. The van der Waals surface area contributed by atoms with Crippen LogP contribution in [0.3, 0.4) is 0 Å². The van der Waals surface area contributed by atoms with Gasteiger partial charge in [-0.2, -0.15) is 0 Å². The van der Waals surface area contributed by atoms with Crippen LogP contribution in [0.4, 0.5) is 18.9 Å². The van der Waals surface area contributed by atoms with Gasteiger partial charge in [-0.05, 0) is 54.1 Å². The summed E-state index contributed by atoms with van der Waals surface area (Å²) in [5.41, 5.74) is 14.5. The van der Waals surface area contributed by atoms with E-state index in [1.165, 1.54) is 18.3 Å². The highest BCUT2D eigenvalue weighted by atomic mass is 19.4. The number of nitrogens with one attached hydrogen (secondary N) is 1. The zero-order chi connectivity index (χ0) is 24.3. The van der Waals surface area contributed by atoms with E-state index in [0.29, 0.717) is 28.2 Å². The lowest BCUT2D eigenvalue weighted by Crippen LogP contribution is -2.17. The second-order valence-corrected chi connectivity index (χ2v) is 7.23. The molecule has 0 radical (unpaired) electrons. The third-order valence-electron chi connectivity index (χ3n) is 4.89. The number of hydrogen-bond donors (Lipinski definition) is 3. The van der Waals surface area contributed by atoms with Crippen LogP contribution in [0, 0.1) is 5.41 Å². The van der Waals surface area contributed by atoms with E-state index >= 15 is 0 Å². The SMILES string of the molecule is N=C(N)c1c(-c2ccc(Oc3ccccc3)cc2)cnc(-c2ccc(OC(F)(F)F)cc2)c1N. The maximum atomic E-state index is 12.4. The van der Waals surface area contributed by atoms with Gasteiger partial charge in [-0.3, -0.25) is 10.4 Å². The van der Waals surface area contributed by atoms with Crippen LogP contribution in [-0.4, -0.2) is 17.2 Å². The molecule has 0 amide bonds. The lowest BCUT2D eigenvalue weighted by molar-refractivity contribution is -0.274. The topological polar surface area (TPSA) is 107 Å². The largest absolute Gasteiger partial charge is 0.573 e. The van der Waals surface area contributed by atoms with Crippen molar-refractivity contribution in [1.82, 2.24) is 4.98 Å². The first-order valence-corrected chi connectivity index (χ1v) is 10.0. The van der Waals surface area contributed by atoms with Crippen molar-refractivity contribution < 1.29 is 22.6 Å². The van der Waals surface area contributed by atoms with Crippen LogP contribution in [-0.2, 0) is 0 Å². The monoisotopic (exact) mass is 464 g/mol. The van der Waals surface area contributed by atoms with Gasteiger partial charge >= 0.3 is 6.36 Å². The van der Waals surface area contributed by atoms with Crippen LogP contribution in [0.25, 0.3) is 22.4 Å². The number of rotatable bonds is 6. The van der Waals surface area contributed by atoms with E-state index in [-0.39, 0.29) is 28.5 Å². The number of aromatic nitrogens is 1. The molecule has 4 rings (SSSR count). The lowest BCUT2D eigenvalue weighted by atomic mass is 9.96. The minimum atomic E-state index is -4.79. The summed E-state index contributed by atoms with van der Waals surface area (Å²) in [6, 6.07) is 21.6. The Bertz CT molecular complexity index is 1310. The molecule has 0 fully saturated rings. The molecule has 0 spiro atoms. The summed E-state index contributed by atoms with van der Waals surface area (Å²) in [6.45, 7) is 0. The van der Waals surface area contributed by atoms with Crippen molar-refractivity contribution in [3.63, 3.8) is 0 Å². The number of benzene rings is 3. The molecule has 6 nitrogen and oxygen atoms in total. The molecule has 5 N–H and O–H groups in total. The van der Waals surface area contributed by atoms with Crippen molar-refractivity contribution in [3.05, 3.63) is 90.6 Å². The average Bonchev–Trinajstić information content (AvgIpc) is 2.79. The fraction of sp³-hybridized carbons (Fsp3) is 0.0400. The molecule has 1 heterocycles. The smallest absolute Gasteiger partial charge is 0.457 e. The van der Waals surface area contributed by atoms with Gasteiger partial charge in [0.05, 0.1) is 16.9 Å². The highest BCUT2D eigenvalue weighted by Crippen LogP contribution is 2.35. The molecule has 0 saturated carbocycles. The van der Waals surface area contributed by atoms with E-state index in [2.05, 4.69) is 9.72 Å². The number of anilines is 1. The molecule has 0 aliphatic rings. The first-order valence-electron chi connectivity index (χ1n) is 10.0. The lowest BCUT2D eigenvalue weighted by Gasteiger charge is -2.15. The first kappa shape index (κ1) is 22.7. The van der Waals surface area contributed by atoms with E-state index in [9.17, 15) is 13.2 Å². The number of nitrogen functional groups attached to an aromatic ring is 2. The number of nitrogens with zero attached hydrogens (tertiary/aromatic N) is 1. The van der Waals surface area contributed by atoms with Crippen molar-refractivity contribution in [1.29, 1.82) is 5.41 Å². The van der Waals surface area contributed by atoms with Crippen LogP contribution in [0.5, 0.6) is 17.2 Å². The molecular weight excluding hydrogens is 445 g/mol. The molecule has 0 bridgehead atoms. The quantitative estimate of drug-likeness (QED) is 0.241. The standard InChI is InChI=1S/C25H19F3N4O2/c26-25(27,28)34-19-12-8-16(9-13-19)23-22(29)21(24(30)31)20(14-32-23)15-6-10-18(11-7-15)33-17-4-2-1-3-5-17/h1-14H,29H2,(H3,30,31). The number of hydrogen-bond acceptors (Lipinski definition) is 5. The predicted molar refractivity (Wildman–Crippen MR) is 124 cm³/mol. The normalized spacial score (nSPS) is 11.1. The summed E-state index contributed by atoms with van der Waals surface area (Å²) in [5, 5.41) is 8.05. The zero-order valence-electron chi connectivity index (χ0n) is 17.6. The highest BCUT2D eigenvalue weighted by Gasteiger charge is 2.31. The fourth-order valence-electron chi connectivity index (χ4n) is 3.41. The Hall–Kier alpha value is -4.53. The van der Waals surface area contributed by atoms with Crippen LogP contribution in [0.2, 0.25) is 0 Å². The highest BCUT2D eigenvalue weighted by molar-refractivity contribution is 6.08. The van der Waals surface area contributed by atoms with Gasteiger partial charge in [-0.25, -0.2) is 0 Å². The molecule has 0 aliphatic heterocycles. The van der Waals surface area contributed by atoms with Gasteiger partial charge in [-0.1, -0.05) is 30.3 Å². The number of amidine groups is 1. The molecule has 34 heavy (non-hydrogen) atoms. The Morgan fingerprint density at radius 3 is 1.94 bits per heavy atom. The molecule has 0 saturated heterocycles. The number of halogens is 3. The van der Waals surface area contributed by atoms with Gasteiger partial charge < -0.3 is 20.9 Å². The molecule has 1 aromatic heterocycles.